The second-order valence-corrected chi connectivity index (χ2v) is 6.01. The molecule has 23 heavy (non-hydrogen) atoms. The Hall–Kier alpha value is -1.82. The standard InChI is InChI=1S/C17H24O6/c1-21-10-12-8-14(18)16(20)17(23-12)13(9-15(19)22-2)11-6-4-3-5-7-11/h8,11,13,20H,3-7,9-10H2,1-2H3/t13-/m0/s1. The molecule has 1 aliphatic carbocycles. The summed E-state index contributed by atoms with van der Waals surface area (Å²) in [5.74, 6) is -0.427. The fraction of sp³-hybridized carbons (Fsp3) is 0.647. The van der Waals surface area contributed by atoms with Gasteiger partial charge in [-0.3, -0.25) is 9.59 Å². The maximum absolute atomic E-state index is 12.0. The maximum Gasteiger partial charge on any atom is 0.306 e. The summed E-state index contributed by atoms with van der Waals surface area (Å²) >= 11 is 0. The first-order valence-corrected chi connectivity index (χ1v) is 7.98. The number of carbonyl (C=O) groups is 1. The zero-order chi connectivity index (χ0) is 16.8. The number of carbonyl (C=O) groups excluding carboxylic acids is 1. The topological polar surface area (TPSA) is 86.0 Å². The number of ether oxygens (including phenoxy) is 2. The van der Waals surface area contributed by atoms with E-state index in [1.807, 2.05) is 0 Å². The largest absolute Gasteiger partial charge is 0.502 e. The maximum atomic E-state index is 12.0. The Bertz CT molecular complexity index is 585. The van der Waals surface area contributed by atoms with Crippen molar-refractivity contribution in [1.29, 1.82) is 0 Å². The van der Waals surface area contributed by atoms with Crippen LogP contribution < -0.4 is 5.43 Å². The van der Waals surface area contributed by atoms with Crippen molar-refractivity contribution >= 4 is 5.97 Å². The molecule has 1 atom stereocenters. The predicted octanol–water partition coefficient (Wildman–Crippen LogP) is 2.72. The van der Waals surface area contributed by atoms with E-state index in [2.05, 4.69) is 0 Å². The van der Waals surface area contributed by atoms with Crippen molar-refractivity contribution < 1.29 is 23.8 Å². The molecule has 1 aromatic rings. The van der Waals surface area contributed by atoms with E-state index in [4.69, 9.17) is 13.9 Å². The number of hydrogen-bond acceptors (Lipinski definition) is 6. The molecule has 0 amide bonds. The molecule has 1 aliphatic rings. The van der Waals surface area contributed by atoms with E-state index >= 15 is 0 Å². The Balaban J connectivity index is 2.40. The minimum atomic E-state index is -0.510. The van der Waals surface area contributed by atoms with E-state index in [9.17, 15) is 14.7 Å². The predicted molar refractivity (Wildman–Crippen MR) is 83.3 cm³/mol. The average Bonchev–Trinajstić information content (AvgIpc) is 2.57. The third-order valence-electron chi connectivity index (χ3n) is 4.46. The third kappa shape index (κ3) is 4.34. The van der Waals surface area contributed by atoms with Crippen molar-refractivity contribution in [2.24, 2.45) is 5.92 Å². The Kier molecular flexibility index (Phi) is 6.21. The van der Waals surface area contributed by atoms with Crippen LogP contribution in [0.15, 0.2) is 15.3 Å². The van der Waals surface area contributed by atoms with Crippen LogP contribution in [0.5, 0.6) is 5.75 Å². The Labute approximate surface area is 135 Å². The van der Waals surface area contributed by atoms with Crippen LogP contribution in [-0.2, 0) is 20.9 Å². The molecule has 2 rings (SSSR count). The van der Waals surface area contributed by atoms with E-state index < -0.39 is 11.2 Å². The van der Waals surface area contributed by atoms with Gasteiger partial charge in [-0.25, -0.2) is 0 Å². The highest BCUT2D eigenvalue weighted by atomic mass is 16.5. The van der Waals surface area contributed by atoms with Crippen LogP contribution >= 0.6 is 0 Å². The molecule has 0 bridgehead atoms. The van der Waals surface area contributed by atoms with Crippen LogP contribution in [0.3, 0.4) is 0 Å². The van der Waals surface area contributed by atoms with Gasteiger partial charge in [-0.15, -0.1) is 0 Å². The van der Waals surface area contributed by atoms with E-state index in [0.29, 0.717) is 5.76 Å². The fourth-order valence-corrected chi connectivity index (χ4v) is 3.29. The summed E-state index contributed by atoms with van der Waals surface area (Å²) in [7, 11) is 2.83. The molecule has 1 saturated carbocycles. The van der Waals surface area contributed by atoms with Crippen LogP contribution in [0.1, 0.15) is 56.0 Å². The Morgan fingerprint density at radius 1 is 1.35 bits per heavy atom. The molecule has 6 nitrogen and oxygen atoms in total. The first kappa shape index (κ1) is 17.5. The van der Waals surface area contributed by atoms with Gasteiger partial charge >= 0.3 is 5.97 Å². The molecule has 0 unspecified atom stereocenters. The molecule has 0 aromatic carbocycles. The smallest absolute Gasteiger partial charge is 0.306 e. The van der Waals surface area contributed by atoms with Gasteiger partial charge in [0.05, 0.1) is 13.5 Å². The number of hydrogen-bond donors (Lipinski definition) is 1. The number of aromatic hydroxyl groups is 1. The second-order valence-electron chi connectivity index (χ2n) is 6.01. The van der Waals surface area contributed by atoms with E-state index in [-0.39, 0.29) is 36.6 Å². The van der Waals surface area contributed by atoms with Gasteiger partial charge in [0, 0.05) is 19.1 Å². The minimum absolute atomic E-state index is 0.0914. The van der Waals surface area contributed by atoms with Crippen molar-refractivity contribution in [3.63, 3.8) is 0 Å². The first-order chi connectivity index (χ1) is 11.1. The van der Waals surface area contributed by atoms with Gasteiger partial charge in [0.2, 0.25) is 11.2 Å². The molecule has 1 aromatic heterocycles. The van der Waals surface area contributed by atoms with Crippen molar-refractivity contribution in [2.75, 3.05) is 14.2 Å². The molecule has 0 aliphatic heterocycles. The second kappa shape index (κ2) is 8.15. The van der Waals surface area contributed by atoms with Crippen LogP contribution in [0.2, 0.25) is 0 Å². The number of esters is 1. The lowest BCUT2D eigenvalue weighted by Gasteiger charge is -2.29. The highest BCUT2D eigenvalue weighted by Crippen LogP contribution is 2.40. The van der Waals surface area contributed by atoms with E-state index in [1.165, 1.54) is 26.7 Å². The third-order valence-corrected chi connectivity index (χ3v) is 4.46. The summed E-state index contributed by atoms with van der Waals surface area (Å²) in [5, 5.41) is 10.2. The number of rotatable bonds is 6. The van der Waals surface area contributed by atoms with Crippen molar-refractivity contribution in [1.82, 2.24) is 0 Å². The van der Waals surface area contributed by atoms with Crippen LogP contribution in [0, 0.1) is 5.92 Å². The molecule has 0 spiro atoms. The van der Waals surface area contributed by atoms with Crippen LogP contribution in [0.4, 0.5) is 0 Å². The summed E-state index contributed by atoms with van der Waals surface area (Å²) < 4.78 is 15.5. The lowest BCUT2D eigenvalue weighted by atomic mass is 9.77. The lowest BCUT2D eigenvalue weighted by Crippen LogP contribution is -2.22. The van der Waals surface area contributed by atoms with Gasteiger partial charge in [0.25, 0.3) is 0 Å². The van der Waals surface area contributed by atoms with Gasteiger partial charge in [-0.05, 0) is 18.8 Å². The molecular formula is C17H24O6. The van der Waals surface area contributed by atoms with Crippen molar-refractivity contribution in [3.05, 3.63) is 27.8 Å². The highest BCUT2D eigenvalue weighted by molar-refractivity contribution is 5.70. The first-order valence-electron chi connectivity index (χ1n) is 7.98. The summed E-state index contributed by atoms with van der Waals surface area (Å²) in [5.41, 5.74) is -0.510. The van der Waals surface area contributed by atoms with Crippen LogP contribution in [-0.4, -0.2) is 25.3 Å². The molecule has 6 heteroatoms. The molecule has 128 valence electrons. The van der Waals surface area contributed by atoms with Gasteiger partial charge in [-0.1, -0.05) is 19.3 Å². The zero-order valence-corrected chi connectivity index (χ0v) is 13.7. The fourth-order valence-electron chi connectivity index (χ4n) is 3.29. The molecule has 1 heterocycles. The monoisotopic (exact) mass is 324 g/mol. The minimum Gasteiger partial charge on any atom is -0.502 e. The molecule has 0 radical (unpaired) electrons. The summed E-state index contributed by atoms with van der Waals surface area (Å²) in [6, 6.07) is 1.22. The number of methoxy groups -OCH3 is 2. The van der Waals surface area contributed by atoms with Crippen LogP contribution in [0.25, 0.3) is 0 Å². The van der Waals surface area contributed by atoms with Gasteiger partial charge < -0.3 is 19.0 Å². The summed E-state index contributed by atoms with van der Waals surface area (Å²) in [6.45, 7) is 0.137. The summed E-state index contributed by atoms with van der Waals surface area (Å²) in [4.78, 5) is 23.8. The molecule has 1 N–H and O–H groups in total. The quantitative estimate of drug-likeness (QED) is 0.810. The molecule has 1 fully saturated rings. The van der Waals surface area contributed by atoms with Gasteiger partial charge in [0.1, 0.15) is 12.4 Å². The Morgan fingerprint density at radius 3 is 2.65 bits per heavy atom. The Morgan fingerprint density at radius 2 is 2.04 bits per heavy atom. The SMILES string of the molecule is COCc1cc(=O)c(O)c([C@@H](CC(=O)OC)C2CCCCC2)o1. The van der Waals surface area contributed by atoms with E-state index in [1.54, 1.807) is 0 Å². The average molecular weight is 324 g/mol. The zero-order valence-electron chi connectivity index (χ0n) is 13.7. The van der Waals surface area contributed by atoms with E-state index in [0.717, 1.165) is 25.7 Å². The summed E-state index contributed by atoms with van der Waals surface area (Å²) in [6.07, 6.45) is 5.30. The van der Waals surface area contributed by atoms with Crippen molar-refractivity contribution in [2.45, 2.75) is 51.0 Å². The lowest BCUT2D eigenvalue weighted by molar-refractivity contribution is -0.141. The highest BCUT2D eigenvalue weighted by Gasteiger charge is 2.32. The molecular weight excluding hydrogens is 300 g/mol. The van der Waals surface area contributed by atoms with Crippen molar-refractivity contribution in [3.8, 4) is 5.75 Å². The normalized spacial score (nSPS) is 17.0. The van der Waals surface area contributed by atoms with Gasteiger partial charge in [-0.2, -0.15) is 0 Å². The molecule has 0 saturated heterocycles. The van der Waals surface area contributed by atoms with Gasteiger partial charge in [0.15, 0.2) is 5.76 Å².